The maximum atomic E-state index is 5.96. The highest BCUT2D eigenvalue weighted by molar-refractivity contribution is 6.31. The highest BCUT2D eigenvalue weighted by Crippen LogP contribution is 2.25. The molecule has 88 valence electrons. The van der Waals surface area contributed by atoms with Gasteiger partial charge in [0, 0.05) is 17.6 Å². The van der Waals surface area contributed by atoms with Crippen LogP contribution in [0.15, 0.2) is 18.2 Å². The maximum Gasteiger partial charge on any atom is 0.0591 e. The minimum Gasteiger partial charge on any atom is -0.397 e. The van der Waals surface area contributed by atoms with Crippen LogP contribution in [0.1, 0.15) is 12.8 Å². The second-order valence-electron chi connectivity index (χ2n) is 4.48. The van der Waals surface area contributed by atoms with Gasteiger partial charge >= 0.3 is 0 Å². The molecule has 1 heterocycles. The molecule has 1 aliphatic heterocycles. The van der Waals surface area contributed by atoms with Crippen molar-refractivity contribution in [3.8, 4) is 0 Å². The zero-order valence-electron chi connectivity index (χ0n) is 9.54. The van der Waals surface area contributed by atoms with Crippen LogP contribution >= 0.6 is 11.6 Å². The summed E-state index contributed by atoms with van der Waals surface area (Å²) in [6.07, 6.45) is 2.42. The van der Waals surface area contributed by atoms with Crippen LogP contribution < -0.4 is 11.1 Å². The normalized spacial score (nSPS) is 22.0. The molecule has 1 fully saturated rings. The Labute approximate surface area is 102 Å². The number of hydrogen-bond acceptors (Lipinski definition) is 3. The van der Waals surface area contributed by atoms with Crippen molar-refractivity contribution in [1.29, 1.82) is 0 Å². The second-order valence-corrected chi connectivity index (χ2v) is 4.91. The van der Waals surface area contributed by atoms with Gasteiger partial charge in [-0.2, -0.15) is 0 Å². The van der Waals surface area contributed by atoms with Crippen LogP contribution in [-0.2, 0) is 0 Å². The van der Waals surface area contributed by atoms with Gasteiger partial charge in [-0.25, -0.2) is 0 Å². The van der Waals surface area contributed by atoms with E-state index >= 15 is 0 Å². The summed E-state index contributed by atoms with van der Waals surface area (Å²) in [6, 6.07) is 6.03. The monoisotopic (exact) mass is 239 g/mol. The molecule has 16 heavy (non-hydrogen) atoms. The second kappa shape index (κ2) is 4.93. The van der Waals surface area contributed by atoms with E-state index < -0.39 is 0 Å². The van der Waals surface area contributed by atoms with Crippen molar-refractivity contribution in [2.45, 2.75) is 18.9 Å². The predicted molar refractivity (Wildman–Crippen MR) is 70.0 cm³/mol. The minimum atomic E-state index is 0.472. The maximum absolute atomic E-state index is 5.96. The SMILES string of the molecule is CN1CCCC(Nc2cc(Cl)ccc2N)C1. The molecule has 0 saturated carbocycles. The molecule has 1 unspecified atom stereocenters. The van der Waals surface area contributed by atoms with Gasteiger partial charge in [-0.05, 0) is 44.6 Å². The van der Waals surface area contributed by atoms with Crippen LogP contribution in [0.25, 0.3) is 0 Å². The molecule has 4 heteroatoms. The first-order valence-corrected chi connectivity index (χ1v) is 6.03. The molecule has 2 rings (SSSR count). The number of nitrogens with one attached hydrogen (secondary N) is 1. The average Bonchev–Trinajstić information content (AvgIpc) is 2.24. The zero-order chi connectivity index (χ0) is 11.5. The van der Waals surface area contributed by atoms with Gasteiger partial charge in [0.15, 0.2) is 0 Å². The van der Waals surface area contributed by atoms with E-state index in [2.05, 4.69) is 17.3 Å². The molecule has 0 spiro atoms. The Balaban J connectivity index is 2.05. The molecule has 0 amide bonds. The van der Waals surface area contributed by atoms with Gasteiger partial charge in [0.2, 0.25) is 0 Å². The van der Waals surface area contributed by atoms with Crippen molar-refractivity contribution < 1.29 is 0 Å². The average molecular weight is 240 g/mol. The van der Waals surface area contributed by atoms with Crippen LogP contribution in [0.2, 0.25) is 5.02 Å². The lowest BCUT2D eigenvalue weighted by molar-refractivity contribution is 0.261. The fourth-order valence-corrected chi connectivity index (χ4v) is 2.33. The van der Waals surface area contributed by atoms with E-state index in [-0.39, 0.29) is 0 Å². The van der Waals surface area contributed by atoms with Gasteiger partial charge in [0.25, 0.3) is 0 Å². The van der Waals surface area contributed by atoms with Crippen molar-refractivity contribution >= 4 is 23.0 Å². The summed E-state index contributed by atoms with van der Waals surface area (Å²) >= 11 is 5.96. The highest BCUT2D eigenvalue weighted by Gasteiger charge is 2.17. The molecule has 1 saturated heterocycles. The van der Waals surface area contributed by atoms with E-state index in [9.17, 15) is 0 Å². The molecule has 0 aromatic heterocycles. The Hall–Kier alpha value is -0.930. The number of rotatable bonds is 2. The highest BCUT2D eigenvalue weighted by atomic mass is 35.5. The fourth-order valence-electron chi connectivity index (χ4n) is 2.16. The number of piperidine rings is 1. The van der Waals surface area contributed by atoms with Gasteiger partial charge in [0.1, 0.15) is 0 Å². The van der Waals surface area contributed by atoms with Gasteiger partial charge in [-0.1, -0.05) is 11.6 Å². The molecule has 1 atom stereocenters. The summed E-state index contributed by atoms with van der Waals surface area (Å²) < 4.78 is 0. The van der Waals surface area contributed by atoms with Crippen molar-refractivity contribution in [3.05, 3.63) is 23.2 Å². The quantitative estimate of drug-likeness (QED) is 0.779. The van der Waals surface area contributed by atoms with Crippen LogP contribution in [0.5, 0.6) is 0 Å². The summed E-state index contributed by atoms with van der Waals surface area (Å²) in [5.41, 5.74) is 7.62. The largest absolute Gasteiger partial charge is 0.397 e. The number of likely N-dealkylation sites (N-methyl/N-ethyl adjacent to an activating group) is 1. The lowest BCUT2D eigenvalue weighted by Crippen LogP contribution is -2.39. The third-order valence-electron chi connectivity index (χ3n) is 3.00. The van der Waals surface area contributed by atoms with Gasteiger partial charge < -0.3 is 16.0 Å². The van der Waals surface area contributed by atoms with Crippen LogP contribution in [0.4, 0.5) is 11.4 Å². The number of anilines is 2. The van der Waals surface area contributed by atoms with E-state index in [1.165, 1.54) is 19.4 Å². The van der Waals surface area contributed by atoms with E-state index in [1.807, 2.05) is 18.2 Å². The van der Waals surface area contributed by atoms with Gasteiger partial charge in [0.05, 0.1) is 11.4 Å². The number of halogens is 1. The number of benzene rings is 1. The van der Waals surface area contributed by atoms with Crippen molar-refractivity contribution in [3.63, 3.8) is 0 Å². The lowest BCUT2D eigenvalue weighted by Gasteiger charge is -2.31. The van der Waals surface area contributed by atoms with E-state index in [0.29, 0.717) is 6.04 Å². The van der Waals surface area contributed by atoms with Crippen molar-refractivity contribution in [1.82, 2.24) is 4.90 Å². The summed E-state index contributed by atoms with van der Waals surface area (Å²) in [5, 5.41) is 4.19. The first kappa shape index (κ1) is 11.6. The molecule has 0 bridgehead atoms. The van der Waals surface area contributed by atoms with Crippen LogP contribution in [-0.4, -0.2) is 31.1 Å². The molecule has 3 N–H and O–H groups in total. The Kier molecular flexibility index (Phi) is 3.56. The fraction of sp³-hybridized carbons (Fsp3) is 0.500. The summed E-state index contributed by atoms with van der Waals surface area (Å²) in [4.78, 5) is 2.34. The number of nitrogens with zero attached hydrogens (tertiary/aromatic N) is 1. The minimum absolute atomic E-state index is 0.472. The predicted octanol–water partition coefficient (Wildman–Crippen LogP) is 2.43. The van der Waals surface area contributed by atoms with Gasteiger partial charge in [-0.3, -0.25) is 0 Å². The smallest absolute Gasteiger partial charge is 0.0591 e. The number of nitrogens with two attached hydrogens (primary N) is 1. The number of hydrogen-bond donors (Lipinski definition) is 2. The molecule has 1 aliphatic rings. The van der Waals surface area contributed by atoms with Crippen molar-refractivity contribution in [2.24, 2.45) is 0 Å². The first-order valence-electron chi connectivity index (χ1n) is 5.65. The summed E-state index contributed by atoms with van der Waals surface area (Å²) in [6.45, 7) is 2.25. The third-order valence-corrected chi connectivity index (χ3v) is 3.23. The number of likely N-dealkylation sites (tertiary alicyclic amines) is 1. The van der Waals surface area contributed by atoms with E-state index in [0.717, 1.165) is 22.9 Å². The van der Waals surface area contributed by atoms with Gasteiger partial charge in [-0.15, -0.1) is 0 Å². The Bertz CT molecular complexity index is 367. The van der Waals surface area contributed by atoms with Crippen molar-refractivity contribution in [2.75, 3.05) is 31.2 Å². The Morgan fingerprint density at radius 2 is 2.31 bits per heavy atom. The Morgan fingerprint density at radius 3 is 3.06 bits per heavy atom. The molecular formula is C12H18ClN3. The van der Waals surface area contributed by atoms with Crippen LogP contribution in [0.3, 0.4) is 0 Å². The summed E-state index contributed by atoms with van der Waals surface area (Å²) in [7, 11) is 2.15. The zero-order valence-corrected chi connectivity index (χ0v) is 10.3. The van der Waals surface area contributed by atoms with Crippen LogP contribution in [0, 0.1) is 0 Å². The summed E-state index contributed by atoms with van der Waals surface area (Å²) in [5.74, 6) is 0. The first-order chi connectivity index (χ1) is 7.65. The molecule has 3 nitrogen and oxygen atoms in total. The lowest BCUT2D eigenvalue weighted by atomic mass is 10.1. The molecule has 0 radical (unpaired) electrons. The molecular weight excluding hydrogens is 222 g/mol. The third kappa shape index (κ3) is 2.80. The Morgan fingerprint density at radius 1 is 1.50 bits per heavy atom. The van der Waals surface area contributed by atoms with E-state index in [1.54, 1.807) is 0 Å². The number of nitrogen functional groups attached to an aromatic ring is 1. The van der Waals surface area contributed by atoms with E-state index in [4.69, 9.17) is 17.3 Å². The molecule has 1 aromatic rings. The standard InChI is InChI=1S/C12H18ClN3/c1-16-6-2-3-10(8-16)15-12-7-9(13)4-5-11(12)14/h4-5,7,10,15H,2-3,6,8,14H2,1H3. The molecule has 1 aromatic carbocycles. The topological polar surface area (TPSA) is 41.3 Å². The molecule has 0 aliphatic carbocycles.